The maximum Gasteiger partial charge on any atom is 0.163 e. The number of allylic oxidation sites excluding steroid dienone is 1. The Morgan fingerprint density at radius 3 is 2.50 bits per heavy atom. The quantitative estimate of drug-likeness (QED) is 0.496. The fourth-order valence-corrected chi connectivity index (χ4v) is 4.82. The number of hydrogen-bond donors (Lipinski definition) is 1. The molecule has 32 heavy (non-hydrogen) atoms. The van der Waals surface area contributed by atoms with E-state index in [1.54, 1.807) is 7.11 Å². The molecule has 0 bridgehead atoms. The third kappa shape index (κ3) is 3.87. The SMILES string of the molecule is COc1ccc(CN2c3ccccc3NC3=C(C(=O)CCC3)[C@H]2c2ccc(Cl)cc2)cc1. The van der Waals surface area contributed by atoms with Crippen LogP contribution in [0.5, 0.6) is 5.75 Å². The molecule has 3 aromatic carbocycles. The summed E-state index contributed by atoms with van der Waals surface area (Å²) in [6, 6.07) is 24.1. The molecule has 5 rings (SSSR count). The number of fused-ring (bicyclic) bond motifs is 1. The molecule has 0 aromatic heterocycles. The molecule has 1 atom stereocenters. The highest BCUT2D eigenvalue weighted by Gasteiger charge is 2.36. The zero-order valence-electron chi connectivity index (χ0n) is 18.0. The van der Waals surface area contributed by atoms with Gasteiger partial charge in [-0.3, -0.25) is 4.79 Å². The Kier molecular flexibility index (Phi) is 5.62. The van der Waals surface area contributed by atoms with Crippen LogP contribution in [0.15, 0.2) is 84.1 Å². The van der Waals surface area contributed by atoms with Gasteiger partial charge in [0.15, 0.2) is 5.78 Å². The van der Waals surface area contributed by atoms with Crippen LogP contribution in [0, 0.1) is 0 Å². The number of halogens is 1. The minimum Gasteiger partial charge on any atom is -0.497 e. The number of ether oxygens (including phenoxy) is 1. The van der Waals surface area contributed by atoms with Crippen molar-refractivity contribution in [3.8, 4) is 5.75 Å². The van der Waals surface area contributed by atoms with Gasteiger partial charge in [0.05, 0.1) is 24.5 Å². The molecule has 0 saturated carbocycles. The average Bonchev–Trinajstić information content (AvgIpc) is 2.95. The molecule has 0 radical (unpaired) electrons. The van der Waals surface area contributed by atoms with Gasteiger partial charge in [-0.05, 0) is 60.4 Å². The van der Waals surface area contributed by atoms with E-state index in [4.69, 9.17) is 16.3 Å². The lowest BCUT2D eigenvalue weighted by atomic mass is 9.85. The summed E-state index contributed by atoms with van der Waals surface area (Å²) in [6.45, 7) is 0.653. The summed E-state index contributed by atoms with van der Waals surface area (Å²) in [4.78, 5) is 15.6. The largest absolute Gasteiger partial charge is 0.497 e. The number of anilines is 2. The van der Waals surface area contributed by atoms with Crippen molar-refractivity contribution in [2.45, 2.75) is 31.8 Å². The summed E-state index contributed by atoms with van der Waals surface area (Å²) < 4.78 is 5.33. The third-order valence-corrected chi connectivity index (χ3v) is 6.49. The molecule has 2 aliphatic rings. The number of Topliss-reactive ketones (excluding diaryl/α,β-unsaturated/α-hetero) is 1. The normalized spacial score (nSPS) is 17.9. The van der Waals surface area contributed by atoms with Crippen LogP contribution >= 0.6 is 11.6 Å². The van der Waals surface area contributed by atoms with Gasteiger partial charge in [-0.25, -0.2) is 0 Å². The highest BCUT2D eigenvalue weighted by atomic mass is 35.5. The summed E-state index contributed by atoms with van der Waals surface area (Å²) in [5.74, 6) is 1.04. The minimum atomic E-state index is -0.201. The highest BCUT2D eigenvalue weighted by Crippen LogP contribution is 2.45. The molecule has 1 heterocycles. The first kappa shape index (κ1) is 20.7. The Morgan fingerprint density at radius 1 is 1.00 bits per heavy atom. The zero-order chi connectivity index (χ0) is 22.1. The van der Waals surface area contributed by atoms with Crippen LogP contribution in [0.2, 0.25) is 5.02 Å². The van der Waals surface area contributed by atoms with Gasteiger partial charge in [0.1, 0.15) is 5.75 Å². The van der Waals surface area contributed by atoms with Crippen molar-refractivity contribution in [1.82, 2.24) is 0 Å². The standard InChI is InChI=1S/C27H25ClN2O2/c1-32-21-15-9-18(10-16-21)17-30-24-7-3-2-5-22(24)29-23-6-4-8-25(31)26(23)27(30)19-11-13-20(28)14-12-19/h2-3,5,7,9-16,27,29H,4,6,8,17H2,1H3/t27-/m1/s1. The number of rotatable bonds is 4. The smallest absolute Gasteiger partial charge is 0.163 e. The maximum atomic E-state index is 13.3. The van der Waals surface area contributed by atoms with Crippen molar-refractivity contribution < 1.29 is 9.53 Å². The van der Waals surface area contributed by atoms with E-state index in [2.05, 4.69) is 34.5 Å². The van der Waals surface area contributed by atoms with Gasteiger partial charge in [0.2, 0.25) is 0 Å². The van der Waals surface area contributed by atoms with Crippen LogP contribution in [0.3, 0.4) is 0 Å². The van der Waals surface area contributed by atoms with Crippen LogP contribution in [0.4, 0.5) is 11.4 Å². The Balaban J connectivity index is 1.69. The number of nitrogens with one attached hydrogen (secondary N) is 1. The second kappa shape index (κ2) is 8.71. The van der Waals surface area contributed by atoms with Crippen molar-refractivity contribution in [2.75, 3.05) is 17.3 Å². The van der Waals surface area contributed by atoms with E-state index in [1.807, 2.05) is 48.5 Å². The van der Waals surface area contributed by atoms with Crippen LogP contribution in [0.25, 0.3) is 0 Å². The van der Waals surface area contributed by atoms with Crippen molar-refractivity contribution in [3.63, 3.8) is 0 Å². The second-order valence-electron chi connectivity index (χ2n) is 8.24. The first-order chi connectivity index (χ1) is 15.6. The Morgan fingerprint density at radius 2 is 1.75 bits per heavy atom. The lowest BCUT2D eigenvalue weighted by Gasteiger charge is -2.35. The van der Waals surface area contributed by atoms with Crippen molar-refractivity contribution in [3.05, 3.63) is 100 Å². The monoisotopic (exact) mass is 444 g/mol. The van der Waals surface area contributed by atoms with E-state index in [0.717, 1.165) is 52.4 Å². The van der Waals surface area contributed by atoms with E-state index >= 15 is 0 Å². The number of carbonyl (C=O) groups is 1. The lowest BCUT2D eigenvalue weighted by Crippen LogP contribution is -2.33. The molecule has 1 aliphatic heterocycles. The molecule has 0 saturated heterocycles. The number of hydrogen-bond acceptors (Lipinski definition) is 4. The van der Waals surface area contributed by atoms with Gasteiger partial charge in [0.25, 0.3) is 0 Å². The molecule has 5 heteroatoms. The van der Waals surface area contributed by atoms with Gasteiger partial charge in [-0.1, -0.05) is 48.0 Å². The predicted octanol–water partition coefficient (Wildman–Crippen LogP) is 6.53. The molecule has 162 valence electrons. The molecular weight excluding hydrogens is 420 g/mol. The van der Waals surface area contributed by atoms with Gasteiger partial charge >= 0.3 is 0 Å². The molecule has 3 aromatic rings. The van der Waals surface area contributed by atoms with E-state index < -0.39 is 0 Å². The highest BCUT2D eigenvalue weighted by molar-refractivity contribution is 6.30. The zero-order valence-corrected chi connectivity index (χ0v) is 18.7. The molecule has 4 nitrogen and oxygen atoms in total. The summed E-state index contributed by atoms with van der Waals surface area (Å²) in [5.41, 5.74) is 6.20. The minimum absolute atomic E-state index is 0.201. The number of benzene rings is 3. The Labute approximate surface area is 193 Å². The molecule has 0 amide bonds. The lowest BCUT2D eigenvalue weighted by molar-refractivity contribution is -0.116. The summed E-state index contributed by atoms with van der Waals surface area (Å²) in [6.07, 6.45) is 2.33. The van der Waals surface area contributed by atoms with Crippen molar-refractivity contribution >= 4 is 28.8 Å². The first-order valence-electron chi connectivity index (χ1n) is 10.9. The van der Waals surface area contributed by atoms with Crippen LogP contribution < -0.4 is 15.0 Å². The fraction of sp³-hybridized carbons (Fsp3) is 0.222. The molecule has 1 N–H and O–H groups in total. The van der Waals surface area contributed by atoms with E-state index in [1.165, 1.54) is 0 Å². The molecule has 0 spiro atoms. The van der Waals surface area contributed by atoms with Crippen LogP contribution in [-0.2, 0) is 11.3 Å². The molecular formula is C27H25ClN2O2. The van der Waals surface area contributed by atoms with E-state index in [0.29, 0.717) is 18.0 Å². The average molecular weight is 445 g/mol. The molecule has 0 unspecified atom stereocenters. The fourth-order valence-electron chi connectivity index (χ4n) is 4.69. The van der Waals surface area contributed by atoms with Gasteiger partial charge in [0, 0.05) is 29.3 Å². The van der Waals surface area contributed by atoms with Crippen LogP contribution in [0.1, 0.15) is 36.4 Å². The Hall–Kier alpha value is -3.24. The summed E-state index contributed by atoms with van der Waals surface area (Å²) >= 11 is 6.21. The number of carbonyl (C=O) groups excluding carboxylic acids is 1. The van der Waals surface area contributed by atoms with E-state index in [-0.39, 0.29) is 11.8 Å². The molecule has 0 fully saturated rings. The topological polar surface area (TPSA) is 41.6 Å². The number of methoxy groups -OCH3 is 1. The number of para-hydroxylation sites is 2. The summed E-state index contributed by atoms with van der Waals surface area (Å²) in [7, 11) is 1.67. The van der Waals surface area contributed by atoms with Crippen LogP contribution in [-0.4, -0.2) is 12.9 Å². The molecule has 1 aliphatic carbocycles. The Bertz CT molecular complexity index is 1170. The van der Waals surface area contributed by atoms with Crippen molar-refractivity contribution in [1.29, 1.82) is 0 Å². The van der Waals surface area contributed by atoms with E-state index in [9.17, 15) is 4.79 Å². The first-order valence-corrected chi connectivity index (χ1v) is 11.3. The maximum absolute atomic E-state index is 13.3. The second-order valence-corrected chi connectivity index (χ2v) is 8.68. The van der Waals surface area contributed by atoms with Gasteiger partial charge in [-0.15, -0.1) is 0 Å². The van der Waals surface area contributed by atoms with Crippen molar-refractivity contribution in [2.24, 2.45) is 0 Å². The van der Waals surface area contributed by atoms with Gasteiger partial charge < -0.3 is 15.0 Å². The predicted molar refractivity (Wildman–Crippen MR) is 129 cm³/mol. The van der Waals surface area contributed by atoms with Gasteiger partial charge in [-0.2, -0.15) is 0 Å². The number of nitrogens with zero attached hydrogens (tertiary/aromatic N) is 1. The number of ketones is 1. The summed E-state index contributed by atoms with van der Waals surface area (Å²) in [5, 5.41) is 4.29. The third-order valence-electron chi connectivity index (χ3n) is 6.24.